The van der Waals surface area contributed by atoms with Gasteiger partial charge in [0.25, 0.3) is 5.91 Å². The standard InChI is InChI=1S/C26H34N4O4/c1-19(2)25(29-24(32)18-34-22-11-7-4-8-12-22)26(33)28-21-13-15-30(16-14-21)17-23(31)27-20-9-5-3-6-10-20/h3-12,19,21,25H,13-18H2,1-2H3,(H,27,31)(H,28,33)(H,29,32). The van der Waals surface area contributed by atoms with Gasteiger partial charge in [0, 0.05) is 24.8 Å². The number of nitrogens with zero attached hydrogens (tertiary/aromatic N) is 1. The maximum Gasteiger partial charge on any atom is 0.258 e. The first-order valence-electron chi connectivity index (χ1n) is 11.8. The van der Waals surface area contributed by atoms with E-state index in [1.54, 1.807) is 12.1 Å². The van der Waals surface area contributed by atoms with Crippen LogP contribution in [0.1, 0.15) is 26.7 Å². The number of anilines is 1. The van der Waals surface area contributed by atoms with Crippen molar-refractivity contribution in [3.63, 3.8) is 0 Å². The van der Waals surface area contributed by atoms with E-state index in [2.05, 4.69) is 20.9 Å². The molecule has 3 rings (SSSR count). The number of hydrogen-bond donors (Lipinski definition) is 3. The second-order valence-electron chi connectivity index (χ2n) is 8.86. The van der Waals surface area contributed by atoms with Crippen LogP contribution < -0.4 is 20.7 Å². The molecule has 0 aliphatic carbocycles. The molecule has 2 aromatic rings. The van der Waals surface area contributed by atoms with Gasteiger partial charge in [-0.25, -0.2) is 0 Å². The third-order valence-electron chi connectivity index (χ3n) is 5.74. The molecule has 1 aliphatic heterocycles. The lowest BCUT2D eigenvalue weighted by Crippen LogP contribution is -2.54. The lowest BCUT2D eigenvalue weighted by molar-refractivity contribution is -0.131. The van der Waals surface area contributed by atoms with Gasteiger partial charge in [-0.3, -0.25) is 19.3 Å². The molecule has 2 aromatic carbocycles. The van der Waals surface area contributed by atoms with E-state index in [1.165, 1.54) is 0 Å². The van der Waals surface area contributed by atoms with Gasteiger partial charge in [-0.2, -0.15) is 0 Å². The Morgan fingerprint density at radius 1 is 0.941 bits per heavy atom. The van der Waals surface area contributed by atoms with E-state index >= 15 is 0 Å². The van der Waals surface area contributed by atoms with Gasteiger partial charge in [0.1, 0.15) is 11.8 Å². The van der Waals surface area contributed by atoms with Crippen LogP contribution in [0.2, 0.25) is 0 Å². The largest absolute Gasteiger partial charge is 0.484 e. The number of rotatable bonds is 10. The molecule has 0 saturated carbocycles. The number of likely N-dealkylation sites (tertiary alicyclic amines) is 1. The number of para-hydroxylation sites is 2. The molecule has 34 heavy (non-hydrogen) atoms. The van der Waals surface area contributed by atoms with Gasteiger partial charge in [-0.15, -0.1) is 0 Å². The molecule has 1 atom stereocenters. The minimum absolute atomic E-state index is 0.0136. The summed E-state index contributed by atoms with van der Waals surface area (Å²) >= 11 is 0. The molecular weight excluding hydrogens is 432 g/mol. The zero-order valence-electron chi connectivity index (χ0n) is 19.8. The van der Waals surface area contributed by atoms with Crippen LogP contribution in [0.25, 0.3) is 0 Å². The molecule has 1 saturated heterocycles. The van der Waals surface area contributed by atoms with Crippen molar-refractivity contribution in [2.75, 3.05) is 31.6 Å². The molecule has 1 aliphatic rings. The molecule has 8 nitrogen and oxygen atoms in total. The Morgan fingerprint density at radius 2 is 1.56 bits per heavy atom. The van der Waals surface area contributed by atoms with E-state index in [-0.39, 0.29) is 36.3 Å². The number of carbonyl (C=O) groups is 3. The minimum atomic E-state index is -0.637. The highest BCUT2D eigenvalue weighted by Gasteiger charge is 2.28. The quantitative estimate of drug-likeness (QED) is 0.499. The Balaban J connectivity index is 1.40. The molecule has 182 valence electrons. The monoisotopic (exact) mass is 466 g/mol. The Labute approximate surface area is 201 Å². The summed E-state index contributed by atoms with van der Waals surface area (Å²) in [6, 6.07) is 17.8. The molecule has 3 amide bonds. The summed E-state index contributed by atoms with van der Waals surface area (Å²) in [7, 11) is 0. The minimum Gasteiger partial charge on any atom is -0.484 e. The van der Waals surface area contributed by atoms with Crippen molar-refractivity contribution in [2.24, 2.45) is 5.92 Å². The Morgan fingerprint density at radius 3 is 2.18 bits per heavy atom. The van der Waals surface area contributed by atoms with Crippen molar-refractivity contribution >= 4 is 23.4 Å². The zero-order valence-corrected chi connectivity index (χ0v) is 19.8. The van der Waals surface area contributed by atoms with Crippen LogP contribution in [0.4, 0.5) is 5.69 Å². The molecule has 1 unspecified atom stereocenters. The number of amides is 3. The fraction of sp³-hybridized carbons (Fsp3) is 0.423. The fourth-order valence-electron chi connectivity index (χ4n) is 3.87. The highest BCUT2D eigenvalue weighted by Crippen LogP contribution is 2.13. The van der Waals surface area contributed by atoms with Gasteiger partial charge in [0.2, 0.25) is 11.8 Å². The van der Waals surface area contributed by atoms with Gasteiger partial charge in [-0.05, 0) is 43.0 Å². The Kier molecular flexibility index (Phi) is 9.46. The average Bonchev–Trinajstić information content (AvgIpc) is 2.83. The predicted molar refractivity (Wildman–Crippen MR) is 131 cm³/mol. The maximum atomic E-state index is 12.9. The SMILES string of the molecule is CC(C)C(NC(=O)COc1ccccc1)C(=O)NC1CCN(CC(=O)Nc2ccccc2)CC1. The second-order valence-corrected chi connectivity index (χ2v) is 8.86. The molecule has 8 heteroatoms. The lowest BCUT2D eigenvalue weighted by atomic mass is 10.0. The van der Waals surface area contributed by atoms with E-state index in [9.17, 15) is 14.4 Å². The van der Waals surface area contributed by atoms with Gasteiger partial charge < -0.3 is 20.7 Å². The maximum absolute atomic E-state index is 12.9. The first kappa shape index (κ1) is 25.2. The van der Waals surface area contributed by atoms with Crippen LogP contribution in [-0.4, -0.2) is 60.9 Å². The Bertz CT molecular complexity index is 928. The number of benzene rings is 2. The van der Waals surface area contributed by atoms with E-state index < -0.39 is 6.04 Å². The van der Waals surface area contributed by atoms with Crippen LogP contribution in [0.5, 0.6) is 5.75 Å². The third-order valence-corrected chi connectivity index (χ3v) is 5.74. The lowest BCUT2D eigenvalue weighted by Gasteiger charge is -2.33. The molecule has 0 spiro atoms. The first-order chi connectivity index (χ1) is 16.4. The smallest absolute Gasteiger partial charge is 0.258 e. The third kappa shape index (κ3) is 8.19. The van der Waals surface area contributed by atoms with Crippen LogP contribution in [0.15, 0.2) is 60.7 Å². The summed E-state index contributed by atoms with van der Waals surface area (Å²) in [5.41, 5.74) is 0.783. The van der Waals surface area contributed by atoms with E-state index in [4.69, 9.17) is 4.74 Å². The summed E-state index contributed by atoms with van der Waals surface area (Å²) < 4.78 is 5.48. The van der Waals surface area contributed by atoms with Crippen molar-refractivity contribution < 1.29 is 19.1 Å². The molecule has 0 bridgehead atoms. The predicted octanol–water partition coefficient (Wildman–Crippen LogP) is 2.43. The van der Waals surface area contributed by atoms with Crippen LogP contribution >= 0.6 is 0 Å². The summed E-state index contributed by atoms with van der Waals surface area (Å²) in [5.74, 6) is -0.0378. The van der Waals surface area contributed by atoms with Crippen LogP contribution in [-0.2, 0) is 14.4 Å². The molecule has 0 radical (unpaired) electrons. The van der Waals surface area contributed by atoms with E-state index in [0.717, 1.165) is 31.6 Å². The Hall–Kier alpha value is -3.39. The number of piperidine rings is 1. The van der Waals surface area contributed by atoms with Crippen molar-refractivity contribution in [3.8, 4) is 5.75 Å². The normalized spacial score (nSPS) is 15.4. The number of ether oxygens (including phenoxy) is 1. The number of nitrogens with one attached hydrogen (secondary N) is 3. The fourth-order valence-corrected chi connectivity index (χ4v) is 3.87. The summed E-state index contributed by atoms with van der Waals surface area (Å²) in [4.78, 5) is 39.6. The van der Waals surface area contributed by atoms with Crippen LogP contribution in [0.3, 0.4) is 0 Å². The first-order valence-corrected chi connectivity index (χ1v) is 11.8. The average molecular weight is 467 g/mol. The van der Waals surface area contributed by atoms with Crippen molar-refractivity contribution in [1.29, 1.82) is 0 Å². The number of hydrogen-bond acceptors (Lipinski definition) is 5. The zero-order chi connectivity index (χ0) is 24.3. The highest BCUT2D eigenvalue weighted by atomic mass is 16.5. The molecule has 0 aromatic heterocycles. The van der Waals surface area contributed by atoms with Crippen molar-refractivity contribution in [1.82, 2.24) is 15.5 Å². The van der Waals surface area contributed by atoms with E-state index in [1.807, 2.05) is 62.4 Å². The van der Waals surface area contributed by atoms with Crippen molar-refractivity contribution in [3.05, 3.63) is 60.7 Å². The molecule has 1 fully saturated rings. The van der Waals surface area contributed by atoms with Crippen LogP contribution in [0, 0.1) is 5.92 Å². The summed E-state index contributed by atoms with van der Waals surface area (Å²) in [6.45, 7) is 5.41. The molecular formula is C26H34N4O4. The second kappa shape index (κ2) is 12.7. The molecule has 1 heterocycles. The highest BCUT2D eigenvalue weighted by molar-refractivity contribution is 5.92. The number of carbonyl (C=O) groups excluding carboxylic acids is 3. The van der Waals surface area contributed by atoms with Gasteiger partial charge in [-0.1, -0.05) is 50.2 Å². The molecule has 3 N–H and O–H groups in total. The van der Waals surface area contributed by atoms with Gasteiger partial charge in [0.05, 0.1) is 6.54 Å². The topological polar surface area (TPSA) is 99.8 Å². The van der Waals surface area contributed by atoms with Gasteiger partial charge in [0.15, 0.2) is 6.61 Å². The van der Waals surface area contributed by atoms with Gasteiger partial charge >= 0.3 is 0 Å². The van der Waals surface area contributed by atoms with Crippen molar-refractivity contribution in [2.45, 2.75) is 38.8 Å². The van der Waals surface area contributed by atoms with E-state index in [0.29, 0.717) is 12.3 Å². The summed E-state index contributed by atoms with van der Waals surface area (Å²) in [6.07, 6.45) is 1.50. The summed E-state index contributed by atoms with van der Waals surface area (Å²) in [5, 5.41) is 8.76.